The van der Waals surface area contributed by atoms with Crippen molar-refractivity contribution < 1.29 is 8.91 Å². The third-order valence-corrected chi connectivity index (χ3v) is 4.31. The van der Waals surface area contributed by atoms with Crippen molar-refractivity contribution in [3.8, 4) is 22.5 Å². The second-order valence-corrected chi connectivity index (χ2v) is 5.92. The van der Waals surface area contributed by atoms with Crippen molar-refractivity contribution in [2.45, 2.75) is 0 Å². The average molecular weight is 415 g/mol. The summed E-state index contributed by atoms with van der Waals surface area (Å²) in [6.07, 6.45) is 0. The van der Waals surface area contributed by atoms with Crippen LogP contribution >= 0.6 is 34.2 Å². The lowest BCUT2D eigenvalue weighted by Gasteiger charge is -2.07. The van der Waals surface area contributed by atoms with E-state index in [1.165, 1.54) is 12.1 Å². The van der Waals surface area contributed by atoms with Gasteiger partial charge in [-0.1, -0.05) is 41.0 Å². The number of hydrogen-bond acceptors (Lipinski definition) is 3. The van der Waals surface area contributed by atoms with E-state index < -0.39 is 5.82 Å². The molecule has 6 heteroatoms. The summed E-state index contributed by atoms with van der Waals surface area (Å²) in [5.74, 6) is 0.0470. The van der Waals surface area contributed by atoms with Gasteiger partial charge in [0.15, 0.2) is 11.6 Å². The Morgan fingerprint density at radius 2 is 1.86 bits per heavy atom. The Balaban J connectivity index is 2.31. The van der Waals surface area contributed by atoms with E-state index in [9.17, 15) is 4.39 Å². The third kappa shape index (κ3) is 2.51. The van der Waals surface area contributed by atoms with Crippen LogP contribution in [-0.4, -0.2) is 5.16 Å². The molecule has 1 aromatic heterocycles. The minimum atomic E-state index is -0.468. The van der Waals surface area contributed by atoms with E-state index in [2.05, 4.69) is 27.7 Å². The summed E-state index contributed by atoms with van der Waals surface area (Å²) >= 11 is 8.30. The van der Waals surface area contributed by atoms with Gasteiger partial charge < -0.3 is 10.3 Å². The zero-order valence-electron chi connectivity index (χ0n) is 10.6. The maximum absolute atomic E-state index is 14.2. The molecular formula is C15H9ClFIN2O. The Bertz CT molecular complexity index is 799. The molecule has 0 saturated carbocycles. The van der Waals surface area contributed by atoms with Gasteiger partial charge in [-0.3, -0.25) is 0 Å². The highest BCUT2D eigenvalue weighted by Crippen LogP contribution is 2.42. The molecule has 3 rings (SSSR count). The van der Waals surface area contributed by atoms with Crippen LogP contribution in [0.1, 0.15) is 0 Å². The van der Waals surface area contributed by atoms with Crippen LogP contribution in [0.5, 0.6) is 0 Å². The van der Waals surface area contributed by atoms with Gasteiger partial charge >= 0.3 is 0 Å². The Labute approximate surface area is 139 Å². The third-order valence-electron chi connectivity index (χ3n) is 3.05. The molecule has 2 aromatic carbocycles. The van der Waals surface area contributed by atoms with Gasteiger partial charge in [0.1, 0.15) is 5.82 Å². The van der Waals surface area contributed by atoms with Gasteiger partial charge in [-0.25, -0.2) is 4.39 Å². The summed E-state index contributed by atoms with van der Waals surface area (Å²) in [6, 6.07) is 12.0. The van der Waals surface area contributed by atoms with Crippen LogP contribution in [0.4, 0.5) is 10.2 Å². The summed E-state index contributed by atoms with van der Waals surface area (Å²) in [7, 11) is 0. The van der Waals surface area contributed by atoms with E-state index in [4.69, 9.17) is 21.9 Å². The van der Waals surface area contributed by atoms with Gasteiger partial charge in [-0.05, 0) is 40.8 Å². The monoisotopic (exact) mass is 414 g/mol. The minimum Gasteiger partial charge on any atom is -0.380 e. The van der Waals surface area contributed by atoms with E-state index in [1.54, 1.807) is 6.07 Å². The van der Waals surface area contributed by atoms with Gasteiger partial charge in [0.25, 0.3) is 0 Å². The van der Waals surface area contributed by atoms with E-state index in [-0.39, 0.29) is 16.4 Å². The summed E-state index contributed by atoms with van der Waals surface area (Å²) in [4.78, 5) is 0. The van der Waals surface area contributed by atoms with E-state index in [0.29, 0.717) is 11.3 Å². The predicted octanol–water partition coefficient (Wildman–Crippen LogP) is 4.99. The van der Waals surface area contributed by atoms with Crippen LogP contribution in [0.3, 0.4) is 0 Å². The van der Waals surface area contributed by atoms with E-state index in [1.807, 2.05) is 24.3 Å². The molecule has 0 atom stereocenters. The van der Waals surface area contributed by atoms with Crippen LogP contribution in [0.2, 0.25) is 5.02 Å². The number of anilines is 1. The maximum atomic E-state index is 14.2. The molecule has 0 unspecified atom stereocenters. The molecule has 3 aromatic rings. The first kappa shape index (κ1) is 14.3. The lowest BCUT2D eigenvalue weighted by Crippen LogP contribution is -1.93. The van der Waals surface area contributed by atoms with E-state index in [0.717, 1.165) is 9.13 Å². The minimum absolute atomic E-state index is 0.108. The van der Waals surface area contributed by atoms with Crippen LogP contribution < -0.4 is 5.73 Å². The van der Waals surface area contributed by atoms with E-state index >= 15 is 0 Å². The molecule has 0 radical (unpaired) electrons. The Kier molecular flexibility index (Phi) is 3.86. The molecule has 0 bridgehead atoms. The highest BCUT2D eigenvalue weighted by atomic mass is 127. The van der Waals surface area contributed by atoms with Crippen molar-refractivity contribution in [3.05, 3.63) is 56.9 Å². The molecular weight excluding hydrogens is 406 g/mol. The normalized spacial score (nSPS) is 10.8. The first-order chi connectivity index (χ1) is 10.1. The molecule has 0 saturated heterocycles. The molecule has 21 heavy (non-hydrogen) atoms. The van der Waals surface area contributed by atoms with Crippen LogP contribution in [0.15, 0.2) is 47.0 Å². The number of benzene rings is 2. The number of hydrogen-bond donors (Lipinski definition) is 1. The zero-order valence-corrected chi connectivity index (χ0v) is 13.5. The van der Waals surface area contributed by atoms with Crippen LogP contribution in [0.25, 0.3) is 22.5 Å². The van der Waals surface area contributed by atoms with Gasteiger partial charge in [0, 0.05) is 14.7 Å². The number of nitrogen functional groups attached to an aromatic ring is 1. The Morgan fingerprint density at radius 1 is 1.10 bits per heavy atom. The molecule has 0 aliphatic carbocycles. The van der Waals surface area contributed by atoms with Crippen molar-refractivity contribution in [2.75, 3.05) is 5.73 Å². The second-order valence-electron chi connectivity index (χ2n) is 4.35. The fourth-order valence-corrected chi connectivity index (χ4v) is 3.00. The fourth-order valence-electron chi connectivity index (χ4n) is 2.11. The molecule has 2 N–H and O–H groups in total. The number of rotatable bonds is 2. The first-order valence-corrected chi connectivity index (χ1v) is 7.49. The molecule has 0 amide bonds. The number of halogens is 3. The van der Waals surface area contributed by atoms with Crippen LogP contribution in [-0.2, 0) is 0 Å². The standard InChI is InChI=1S/C15H9ClFIN2O/c16-9-5-3-6-10(17)12(9)13-14(21-20-15(13)19)8-4-1-2-7-11(8)18/h1-7H,(H2,19,20). The smallest absolute Gasteiger partial charge is 0.178 e. The number of nitrogens with zero attached hydrogens (tertiary/aromatic N) is 1. The van der Waals surface area contributed by atoms with Crippen molar-refractivity contribution in [3.63, 3.8) is 0 Å². The zero-order chi connectivity index (χ0) is 15.0. The molecule has 106 valence electrons. The van der Waals surface area contributed by atoms with Crippen molar-refractivity contribution >= 4 is 40.0 Å². The number of aromatic nitrogens is 1. The largest absolute Gasteiger partial charge is 0.380 e. The molecule has 0 aliphatic heterocycles. The molecule has 1 heterocycles. The highest BCUT2D eigenvalue weighted by Gasteiger charge is 2.23. The highest BCUT2D eigenvalue weighted by molar-refractivity contribution is 14.1. The fraction of sp³-hybridized carbons (Fsp3) is 0. The Morgan fingerprint density at radius 3 is 2.57 bits per heavy atom. The van der Waals surface area contributed by atoms with Crippen molar-refractivity contribution in [1.29, 1.82) is 0 Å². The number of nitrogens with two attached hydrogens (primary N) is 1. The van der Waals surface area contributed by atoms with Crippen molar-refractivity contribution in [1.82, 2.24) is 5.16 Å². The average Bonchev–Trinajstić information content (AvgIpc) is 2.81. The van der Waals surface area contributed by atoms with Gasteiger partial charge in [0.2, 0.25) is 0 Å². The molecule has 3 nitrogen and oxygen atoms in total. The van der Waals surface area contributed by atoms with Gasteiger partial charge in [-0.15, -0.1) is 0 Å². The molecule has 0 aliphatic rings. The SMILES string of the molecule is Nc1noc(-c2ccccc2I)c1-c1c(F)cccc1Cl. The lowest BCUT2D eigenvalue weighted by molar-refractivity contribution is 0.436. The second kappa shape index (κ2) is 5.65. The molecule has 0 spiro atoms. The van der Waals surface area contributed by atoms with Crippen molar-refractivity contribution in [2.24, 2.45) is 0 Å². The summed E-state index contributed by atoms with van der Waals surface area (Å²) in [5, 5.41) is 4.03. The summed E-state index contributed by atoms with van der Waals surface area (Å²) < 4.78 is 20.4. The van der Waals surface area contributed by atoms with Gasteiger partial charge in [0.05, 0.1) is 10.6 Å². The lowest BCUT2D eigenvalue weighted by atomic mass is 10.0. The summed E-state index contributed by atoms with van der Waals surface area (Å²) in [5.41, 5.74) is 7.23. The van der Waals surface area contributed by atoms with Gasteiger partial charge in [-0.2, -0.15) is 0 Å². The maximum Gasteiger partial charge on any atom is 0.178 e. The summed E-state index contributed by atoms with van der Waals surface area (Å²) in [6.45, 7) is 0. The van der Waals surface area contributed by atoms with Crippen LogP contribution in [0, 0.1) is 9.39 Å². The Hall–Kier alpha value is -1.60. The molecule has 0 fully saturated rings. The topological polar surface area (TPSA) is 52.0 Å². The predicted molar refractivity (Wildman–Crippen MR) is 89.5 cm³/mol. The quantitative estimate of drug-likeness (QED) is 0.601. The first-order valence-electron chi connectivity index (χ1n) is 6.04.